The third-order valence-corrected chi connectivity index (χ3v) is 4.26. The molecule has 0 bridgehead atoms. The second-order valence-corrected chi connectivity index (χ2v) is 6.89. The molecular weight excluding hydrogens is 278 g/mol. The molecule has 4 N–H and O–H groups in total. The molecule has 0 fully saturated rings. The molecular formula is C13H23N3O3S. The Kier molecular flexibility index (Phi) is 5.38. The Morgan fingerprint density at radius 2 is 2.00 bits per heavy atom. The number of rotatable bonds is 7. The van der Waals surface area contributed by atoms with Crippen LogP contribution in [-0.2, 0) is 14.8 Å². The third kappa shape index (κ3) is 4.36. The van der Waals surface area contributed by atoms with Gasteiger partial charge in [0, 0.05) is 13.2 Å². The highest BCUT2D eigenvalue weighted by Gasteiger charge is 2.19. The van der Waals surface area contributed by atoms with Crippen molar-refractivity contribution in [1.82, 2.24) is 4.72 Å². The third-order valence-electron chi connectivity index (χ3n) is 2.84. The van der Waals surface area contributed by atoms with Gasteiger partial charge >= 0.3 is 0 Å². The van der Waals surface area contributed by atoms with E-state index in [1.54, 1.807) is 6.07 Å². The first-order valence-electron chi connectivity index (χ1n) is 6.43. The molecule has 6 nitrogen and oxygen atoms in total. The maximum absolute atomic E-state index is 11.8. The number of nitrogens with two attached hydrogens (primary N) is 1. The molecule has 0 amide bonds. The van der Waals surface area contributed by atoms with E-state index >= 15 is 0 Å². The molecule has 0 aliphatic heterocycles. The summed E-state index contributed by atoms with van der Waals surface area (Å²) < 4.78 is 31.4. The molecule has 114 valence electrons. The molecule has 1 aromatic carbocycles. The standard InChI is InChI=1S/C13H23N3O3S/c1-5-19-13(2,3)9-16-12-8-10(6-7-11(12)14)20(17,18)15-4/h6-8,15-16H,5,9,14H2,1-4H3. The maximum atomic E-state index is 11.8. The molecule has 0 aromatic heterocycles. The van der Waals surface area contributed by atoms with E-state index in [-0.39, 0.29) is 10.5 Å². The summed E-state index contributed by atoms with van der Waals surface area (Å²) in [5, 5.41) is 3.13. The Hall–Kier alpha value is -1.31. The second kappa shape index (κ2) is 6.43. The number of ether oxygens (including phenoxy) is 1. The van der Waals surface area contributed by atoms with Crippen LogP contribution in [0.2, 0.25) is 0 Å². The zero-order chi connectivity index (χ0) is 15.4. The number of nitrogen functional groups attached to an aromatic ring is 1. The summed E-state index contributed by atoms with van der Waals surface area (Å²) >= 11 is 0. The van der Waals surface area contributed by atoms with Gasteiger partial charge in [-0.3, -0.25) is 0 Å². The summed E-state index contributed by atoms with van der Waals surface area (Å²) in [6.45, 7) is 6.96. The smallest absolute Gasteiger partial charge is 0.240 e. The van der Waals surface area contributed by atoms with Gasteiger partial charge in [-0.25, -0.2) is 13.1 Å². The lowest BCUT2D eigenvalue weighted by molar-refractivity contribution is 0.000708. The van der Waals surface area contributed by atoms with Crippen molar-refractivity contribution in [2.75, 3.05) is 31.2 Å². The summed E-state index contributed by atoms with van der Waals surface area (Å²) in [5.74, 6) is 0. The first-order chi connectivity index (χ1) is 9.22. The van der Waals surface area contributed by atoms with E-state index in [0.717, 1.165) is 0 Å². The van der Waals surface area contributed by atoms with Gasteiger partial charge in [-0.1, -0.05) is 0 Å². The van der Waals surface area contributed by atoms with Crippen molar-refractivity contribution < 1.29 is 13.2 Å². The summed E-state index contributed by atoms with van der Waals surface area (Å²) in [4.78, 5) is 0.172. The van der Waals surface area contributed by atoms with E-state index < -0.39 is 10.0 Å². The van der Waals surface area contributed by atoms with Crippen molar-refractivity contribution in [3.63, 3.8) is 0 Å². The van der Waals surface area contributed by atoms with Crippen LogP contribution >= 0.6 is 0 Å². The first kappa shape index (κ1) is 16.7. The van der Waals surface area contributed by atoms with E-state index in [4.69, 9.17) is 10.5 Å². The molecule has 1 aromatic rings. The van der Waals surface area contributed by atoms with Crippen LogP contribution in [0.4, 0.5) is 11.4 Å². The predicted octanol–water partition coefficient (Wildman–Crippen LogP) is 1.40. The fraction of sp³-hybridized carbons (Fsp3) is 0.538. The normalized spacial score (nSPS) is 12.4. The van der Waals surface area contributed by atoms with Crippen LogP contribution in [0.25, 0.3) is 0 Å². The minimum absolute atomic E-state index is 0.172. The fourth-order valence-electron chi connectivity index (χ4n) is 1.72. The van der Waals surface area contributed by atoms with E-state index in [2.05, 4.69) is 10.0 Å². The molecule has 0 saturated carbocycles. The van der Waals surface area contributed by atoms with E-state index in [1.807, 2.05) is 20.8 Å². The second-order valence-electron chi connectivity index (χ2n) is 5.00. The average Bonchev–Trinajstić information content (AvgIpc) is 2.37. The highest BCUT2D eigenvalue weighted by atomic mass is 32.2. The molecule has 0 unspecified atom stereocenters. The molecule has 0 aliphatic rings. The lowest BCUT2D eigenvalue weighted by atomic mass is 10.1. The van der Waals surface area contributed by atoms with Crippen molar-refractivity contribution in [1.29, 1.82) is 0 Å². The van der Waals surface area contributed by atoms with Crippen LogP contribution in [0.15, 0.2) is 23.1 Å². The van der Waals surface area contributed by atoms with Crippen LogP contribution < -0.4 is 15.8 Å². The Bertz CT molecular complexity index is 556. The van der Waals surface area contributed by atoms with Gasteiger partial charge in [0.2, 0.25) is 10.0 Å². The highest BCUT2D eigenvalue weighted by Crippen LogP contribution is 2.23. The number of hydrogen-bond donors (Lipinski definition) is 3. The van der Waals surface area contributed by atoms with Crippen molar-refractivity contribution in [2.45, 2.75) is 31.3 Å². The van der Waals surface area contributed by atoms with Gasteiger partial charge in [-0.2, -0.15) is 0 Å². The van der Waals surface area contributed by atoms with E-state index in [1.165, 1.54) is 19.2 Å². The topological polar surface area (TPSA) is 93.4 Å². The van der Waals surface area contributed by atoms with E-state index in [0.29, 0.717) is 24.5 Å². The maximum Gasteiger partial charge on any atom is 0.240 e. The lowest BCUT2D eigenvalue weighted by Gasteiger charge is -2.26. The van der Waals surface area contributed by atoms with Gasteiger partial charge in [-0.15, -0.1) is 0 Å². The zero-order valence-corrected chi connectivity index (χ0v) is 13.2. The number of anilines is 2. The van der Waals surface area contributed by atoms with E-state index in [9.17, 15) is 8.42 Å². The van der Waals surface area contributed by atoms with Gasteiger partial charge < -0.3 is 15.8 Å². The summed E-state index contributed by atoms with van der Waals surface area (Å²) in [6.07, 6.45) is 0. The monoisotopic (exact) mass is 301 g/mol. The Balaban J connectivity index is 2.93. The van der Waals surface area contributed by atoms with Crippen molar-refractivity contribution in [2.24, 2.45) is 0 Å². The molecule has 0 radical (unpaired) electrons. The predicted molar refractivity (Wildman–Crippen MR) is 81.3 cm³/mol. The van der Waals surface area contributed by atoms with Crippen molar-refractivity contribution in [3.8, 4) is 0 Å². The van der Waals surface area contributed by atoms with Gasteiger partial charge in [0.05, 0.1) is 21.9 Å². The zero-order valence-electron chi connectivity index (χ0n) is 12.4. The van der Waals surface area contributed by atoms with Gasteiger partial charge in [0.25, 0.3) is 0 Å². The van der Waals surface area contributed by atoms with Crippen molar-refractivity contribution >= 4 is 21.4 Å². The molecule has 7 heteroatoms. The minimum atomic E-state index is -3.48. The van der Waals surface area contributed by atoms with Crippen LogP contribution in [0, 0.1) is 0 Å². The number of sulfonamides is 1. The average molecular weight is 301 g/mol. The number of nitrogens with one attached hydrogen (secondary N) is 2. The molecule has 0 atom stereocenters. The minimum Gasteiger partial charge on any atom is -0.397 e. The van der Waals surface area contributed by atoms with Crippen molar-refractivity contribution in [3.05, 3.63) is 18.2 Å². The molecule has 0 aliphatic carbocycles. The SMILES string of the molecule is CCOC(C)(C)CNc1cc(S(=O)(=O)NC)ccc1N. The number of benzene rings is 1. The largest absolute Gasteiger partial charge is 0.397 e. The van der Waals surface area contributed by atoms with Gasteiger partial charge in [0.15, 0.2) is 0 Å². The summed E-state index contributed by atoms with van der Waals surface area (Å²) in [6, 6.07) is 4.56. The van der Waals surface area contributed by atoms with Gasteiger partial charge in [-0.05, 0) is 46.0 Å². The first-order valence-corrected chi connectivity index (χ1v) is 7.91. The van der Waals surface area contributed by atoms with Crippen LogP contribution in [0.5, 0.6) is 0 Å². The fourth-order valence-corrected chi connectivity index (χ4v) is 2.48. The molecule has 0 heterocycles. The summed E-state index contributed by atoms with van der Waals surface area (Å²) in [5.41, 5.74) is 6.57. The quantitative estimate of drug-likeness (QED) is 0.662. The van der Waals surface area contributed by atoms with Crippen LogP contribution in [0.1, 0.15) is 20.8 Å². The van der Waals surface area contributed by atoms with Crippen LogP contribution in [-0.4, -0.2) is 34.2 Å². The molecule has 0 spiro atoms. The highest BCUT2D eigenvalue weighted by molar-refractivity contribution is 7.89. The number of hydrogen-bond acceptors (Lipinski definition) is 5. The van der Waals surface area contributed by atoms with Gasteiger partial charge in [0.1, 0.15) is 0 Å². The summed E-state index contributed by atoms with van der Waals surface area (Å²) in [7, 11) is -2.11. The molecule has 0 saturated heterocycles. The lowest BCUT2D eigenvalue weighted by Crippen LogP contribution is -2.33. The Morgan fingerprint density at radius 3 is 2.55 bits per heavy atom. The Morgan fingerprint density at radius 1 is 1.35 bits per heavy atom. The van der Waals surface area contributed by atoms with Crippen LogP contribution in [0.3, 0.4) is 0 Å². The molecule has 20 heavy (non-hydrogen) atoms. The molecule has 1 rings (SSSR count). The Labute approximate surface area is 120 Å².